The summed E-state index contributed by atoms with van der Waals surface area (Å²) in [4.78, 5) is 45.5. The molecule has 0 spiro atoms. The van der Waals surface area contributed by atoms with Crippen LogP contribution in [0.1, 0.15) is 88.2 Å². The van der Waals surface area contributed by atoms with Gasteiger partial charge in [-0.15, -0.1) is 10.2 Å². The topological polar surface area (TPSA) is 133 Å². The lowest BCUT2D eigenvalue weighted by atomic mass is 9.62. The minimum Gasteiger partial charge on any atom is -0.444 e. The van der Waals surface area contributed by atoms with E-state index in [0.29, 0.717) is 36.9 Å². The van der Waals surface area contributed by atoms with Crippen molar-refractivity contribution in [3.05, 3.63) is 76.1 Å². The number of H-pyrrole nitrogens is 1. The quantitative estimate of drug-likeness (QED) is 0.311. The molecule has 262 valence electrons. The fraction of sp³-hybridized carbons (Fsp3) is 0.568. The van der Waals surface area contributed by atoms with E-state index in [1.54, 1.807) is 12.1 Å². The van der Waals surface area contributed by atoms with Gasteiger partial charge in [0.05, 0.1) is 6.54 Å². The van der Waals surface area contributed by atoms with Gasteiger partial charge in [-0.25, -0.2) is 4.79 Å². The van der Waals surface area contributed by atoms with Crippen molar-refractivity contribution in [3.63, 3.8) is 0 Å². The molecule has 2 atom stereocenters. The number of likely N-dealkylation sites (tertiary alicyclic amines) is 1. The number of halogens is 1. The Balaban J connectivity index is 1.22. The number of nitrogens with one attached hydrogen (secondary N) is 2. The van der Waals surface area contributed by atoms with Gasteiger partial charge in [-0.2, -0.15) is 5.21 Å². The smallest absolute Gasteiger partial charge is 0.411 e. The van der Waals surface area contributed by atoms with Crippen LogP contribution in [-0.2, 0) is 40.1 Å². The van der Waals surface area contributed by atoms with Crippen LogP contribution in [0.2, 0.25) is 5.02 Å². The molecule has 1 aliphatic carbocycles. The summed E-state index contributed by atoms with van der Waals surface area (Å²) in [6.45, 7) is 6.84. The number of carbonyl (C=O) groups excluding carboxylic acids is 3. The molecular formula is C37H48ClN7O4. The number of tetrazole rings is 1. The Morgan fingerprint density at radius 3 is 2.37 bits per heavy atom. The van der Waals surface area contributed by atoms with Gasteiger partial charge in [-0.05, 0) is 86.6 Å². The Hall–Kier alpha value is -3.99. The van der Waals surface area contributed by atoms with Crippen LogP contribution in [0.4, 0.5) is 4.79 Å². The van der Waals surface area contributed by atoms with Crippen LogP contribution in [0.15, 0.2) is 48.5 Å². The Morgan fingerprint density at radius 1 is 1.02 bits per heavy atom. The molecule has 1 saturated heterocycles. The number of piperidine rings is 1. The molecule has 0 radical (unpaired) electrons. The maximum absolute atomic E-state index is 14.4. The lowest BCUT2D eigenvalue weighted by molar-refractivity contribution is -0.140. The van der Waals surface area contributed by atoms with Gasteiger partial charge in [0.2, 0.25) is 11.8 Å². The number of aromatic amines is 1. The Labute approximate surface area is 293 Å². The minimum atomic E-state index is -0.833. The Bertz CT molecular complexity index is 1590. The molecule has 2 N–H and O–H groups in total. The summed E-state index contributed by atoms with van der Waals surface area (Å²) in [5.41, 5.74) is 2.13. The minimum absolute atomic E-state index is 0.000592. The van der Waals surface area contributed by atoms with E-state index in [-0.39, 0.29) is 23.8 Å². The van der Waals surface area contributed by atoms with E-state index >= 15 is 0 Å². The zero-order valence-corrected chi connectivity index (χ0v) is 29.5. The molecule has 6 rings (SSSR count). The summed E-state index contributed by atoms with van der Waals surface area (Å²) in [7, 11) is 0. The molecule has 1 saturated carbocycles. The molecule has 0 unspecified atom stereocenters. The molecule has 2 aromatic carbocycles. The summed E-state index contributed by atoms with van der Waals surface area (Å²) in [5.74, 6) is 0.773. The fourth-order valence-corrected chi connectivity index (χ4v) is 8.13. The van der Waals surface area contributed by atoms with Gasteiger partial charge in [-0.1, -0.05) is 72.5 Å². The Morgan fingerprint density at radius 2 is 1.71 bits per heavy atom. The van der Waals surface area contributed by atoms with E-state index in [2.05, 4.69) is 25.9 Å². The summed E-state index contributed by atoms with van der Waals surface area (Å²) in [6.07, 6.45) is 8.56. The standard InChI is InChI=1S/C37H48ClN7O4/c1-36(2,3)49-35(48)45-24-27-10-8-7-9-26(27)22-31(45)33(46)39-30(21-25-13-15-29(38)16-14-25)34(47)44-19-17-37(18-20-44,23-32-40-42-43-41-32)28-11-5-4-6-12-28/h7-10,13-16,28,30-31H,4-6,11-12,17-24H2,1-3H3,(H,39,46)(H,40,41,42,43)/t30-,31-/m1/s1. The summed E-state index contributed by atoms with van der Waals surface area (Å²) in [5, 5.41) is 18.7. The van der Waals surface area contributed by atoms with E-state index in [4.69, 9.17) is 16.3 Å². The average Bonchev–Trinajstić information content (AvgIpc) is 3.61. The molecule has 3 aromatic rings. The van der Waals surface area contributed by atoms with Crippen molar-refractivity contribution in [2.24, 2.45) is 11.3 Å². The van der Waals surface area contributed by atoms with Gasteiger partial charge >= 0.3 is 6.09 Å². The van der Waals surface area contributed by atoms with Crippen LogP contribution in [-0.4, -0.2) is 79.1 Å². The number of carbonyl (C=O) groups is 3. The second-order valence-electron chi connectivity index (χ2n) is 15.0. The van der Waals surface area contributed by atoms with Gasteiger partial charge in [0, 0.05) is 37.4 Å². The second kappa shape index (κ2) is 14.9. The average molecular weight is 690 g/mol. The predicted molar refractivity (Wildman–Crippen MR) is 186 cm³/mol. The molecule has 2 aliphatic heterocycles. The van der Waals surface area contributed by atoms with E-state index in [1.165, 1.54) is 37.0 Å². The van der Waals surface area contributed by atoms with Gasteiger partial charge in [-0.3, -0.25) is 14.5 Å². The summed E-state index contributed by atoms with van der Waals surface area (Å²) in [6, 6.07) is 13.5. The molecular weight excluding hydrogens is 642 g/mol. The Kier molecular flexibility index (Phi) is 10.6. The molecule has 0 bridgehead atoms. The molecule has 3 amide bonds. The zero-order valence-electron chi connectivity index (χ0n) is 28.8. The van der Waals surface area contributed by atoms with E-state index in [9.17, 15) is 14.4 Å². The highest BCUT2D eigenvalue weighted by molar-refractivity contribution is 6.30. The van der Waals surface area contributed by atoms with Gasteiger partial charge in [0.15, 0.2) is 5.82 Å². The fourth-order valence-electron chi connectivity index (χ4n) is 8.00. The number of hydrogen-bond donors (Lipinski definition) is 2. The SMILES string of the molecule is CC(C)(C)OC(=O)N1Cc2ccccc2C[C@@H]1C(=O)N[C@H](Cc1ccc(Cl)cc1)C(=O)N1CCC(Cc2nn[nH]n2)(C2CCCCC2)CC1. The molecule has 3 aliphatic rings. The molecule has 2 fully saturated rings. The second-order valence-corrected chi connectivity index (χ2v) is 15.5. The lowest BCUT2D eigenvalue weighted by Gasteiger charge is -2.48. The zero-order chi connectivity index (χ0) is 34.6. The lowest BCUT2D eigenvalue weighted by Crippen LogP contribution is -2.59. The highest BCUT2D eigenvalue weighted by Gasteiger charge is 2.45. The number of hydrogen-bond acceptors (Lipinski definition) is 7. The third-order valence-corrected chi connectivity index (χ3v) is 10.8. The van der Waals surface area contributed by atoms with Crippen LogP contribution >= 0.6 is 11.6 Å². The number of rotatable bonds is 8. The first-order valence-electron chi connectivity index (χ1n) is 17.6. The first-order chi connectivity index (χ1) is 23.5. The van der Waals surface area contributed by atoms with Crippen molar-refractivity contribution < 1.29 is 19.1 Å². The van der Waals surface area contributed by atoms with Crippen molar-refractivity contribution >= 4 is 29.5 Å². The maximum atomic E-state index is 14.4. The van der Waals surface area contributed by atoms with Crippen LogP contribution in [0, 0.1) is 11.3 Å². The predicted octanol–water partition coefficient (Wildman–Crippen LogP) is 5.67. The van der Waals surface area contributed by atoms with Gasteiger partial charge in [0.25, 0.3) is 0 Å². The molecule has 1 aromatic heterocycles. The van der Waals surface area contributed by atoms with Crippen LogP contribution in [0.3, 0.4) is 0 Å². The summed E-state index contributed by atoms with van der Waals surface area (Å²) < 4.78 is 5.74. The molecule has 12 heteroatoms. The number of ether oxygens (including phenoxy) is 1. The van der Waals surface area contributed by atoms with Crippen molar-refractivity contribution in [1.82, 2.24) is 35.7 Å². The van der Waals surface area contributed by atoms with Crippen LogP contribution in [0.25, 0.3) is 0 Å². The van der Waals surface area contributed by atoms with Crippen LogP contribution < -0.4 is 5.32 Å². The van der Waals surface area contributed by atoms with E-state index < -0.39 is 23.8 Å². The molecule has 11 nitrogen and oxygen atoms in total. The van der Waals surface area contributed by atoms with Crippen LogP contribution in [0.5, 0.6) is 0 Å². The van der Waals surface area contributed by atoms with Crippen molar-refractivity contribution in [2.75, 3.05) is 13.1 Å². The molecule has 49 heavy (non-hydrogen) atoms. The number of amides is 3. The van der Waals surface area contributed by atoms with Crippen molar-refractivity contribution in [1.29, 1.82) is 0 Å². The van der Waals surface area contributed by atoms with Crippen molar-refractivity contribution in [2.45, 2.75) is 109 Å². The monoisotopic (exact) mass is 689 g/mol. The number of benzene rings is 2. The molecule has 3 heterocycles. The highest BCUT2D eigenvalue weighted by Crippen LogP contribution is 2.47. The number of aromatic nitrogens is 4. The normalized spacial score (nSPS) is 20.3. The third kappa shape index (κ3) is 8.43. The third-order valence-electron chi connectivity index (χ3n) is 10.6. The van der Waals surface area contributed by atoms with E-state index in [1.807, 2.05) is 62.1 Å². The first kappa shape index (κ1) is 34.9. The number of fused-ring (bicyclic) bond motifs is 1. The van der Waals surface area contributed by atoms with Gasteiger partial charge in [0.1, 0.15) is 17.7 Å². The van der Waals surface area contributed by atoms with Crippen molar-refractivity contribution in [3.8, 4) is 0 Å². The first-order valence-corrected chi connectivity index (χ1v) is 18.0. The maximum Gasteiger partial charge on any atom is 0.411 e. The van der Waals surface area contributed by atoms with E-state index in [0.717, 1.165) is 41.8 Å². The largest absolute Gasteiger partial charge is 0.444 e. The highest BCUT2D eigenvalue weighted by atomic mass is 35.5. The van der Waals surface area contributed by atoms with Gasteiger partial charge < -0.3 is 15.0 Å². The number of nitrogens with zero attached hydrogens (tertiary/aromatic N) is 5. The summed E-state index contributed by atoms with van der Waals surface area (Å²) >= 11 is 6.18.